The van der Waals surface area contributed by atoms with Crippen molar-refractivity contribution in [2.24, 2.45) is 9.98 Å². The highest BCUT2D eigenvalue weighted by Gasteiger charge is 2.36. The number of aliphatic imine (C=N–C) groups is 2. The molecule has 1 aromatic heterocycles. The number of carbonyl (C=O) groups is 3. The van der Waals surface area contributed by atoms with Crippen molar-refractivity contribution in [1.82, 2.24) is 19.7 Å². The number of likely N-dealkylation sites (N-methyl/N-ethyl adjacent to an activating group) is 1. The first-order chi connectivity index (χ1) is 30.3. The molecule has 0 saturated carbocycles. The number of benzene rings is 2. The van der Waals surface area contributed by atoms with Gasteiger partial charge in [-0.2, -0.15) is 0 Å². The van der Waals surface area contributed by atoms with Crippen molar-refractivity contribution in [2.45, 2.75) is 83.4 Å². The third kappa shape index (κ3) is 10.5. The minimum atomic E-state index is -0.112. The van der Waals surface area contributed by atoms with Crippen LogP contribution in [-0.2, 0) is 18.0 Å². The number of methoxy groups -OCH3 is 2. The molecule has 2 fully saturated rings. The SMILES string of the molecule is C/C=C1\C[C@H]2C=Nc3cc(OCc4cc(OCCN(C)C(=O)CCC(C)(C)SSC)cc(COc5cc6c(cc5OC)C(=O)N5C/C(=C/C)C[C@H]5C=N6)n4)c(OC)cc3C(=O)N2C1. The second-order valence-corrected chi connectivity index (χ2v) is 19.5. The van der Waals surface area contributed by atoms with Gasteiger partial charge in [0.15, 0.2) is 23.0 Å². The van der Waals surface area contributed by atoms with Crippen molar-refractivity contribution >= 4 is 63.1 Å². The van der Waals surface area contributed by atoms with Crippen molar-refractivity contribution < 1.29 is 38.1 Å². The number of fused-ring (bicyclic) bond motifs is 4. The molecule has 0 bridgehead atoms. The summed E-state index contributed by atoms with van der Waals surface area (Å²) < 4.78 is 30.4. The lowest BCUT2D eigenvalue weighted by Crippen LogP contribution is -2.35. The van der Waals surface area contributed by atoms with E-state index < -0.39 is 0 Å². The quantitative estimate of drug-likeness (QED) is 0.0952. The van der Waals surface area contributed by atoms with E-state index in [1.54, 1.807) is 69.9 Å². The Bertz CT molecular complexity index is 2230. The van der Waals surface area contributed by atoms with Gasteiger partial charge in [-0.25, -0.2) is 0 Å². The molecule has 5 heterocycles. The van der Waals surface area contributed by atoms with Gasteiger partial charge in [0.1, 0.15) is 25.6 Å². The molecular weight excluding hydrogens is 841 g/mol. The number of allylic oxidation sites excluding steroid dienone is 2. The molecule has 3 amide bonds. The first-order valence-corrected chi connectivity index (χ1v) is 23.7. The topological polar surface area (TPSA) is 145 Å². The Kier molecular flexibility index (Phi) is 14.4. The van der Waals surface area contributed by atoms with E-state index in [4.69, 9.17) is 38.7 Å². The van der Waals surface area contributed by atoms with Crippen molar-refractivity contribution in [2.75, 3.05) is 53.8 Å². The molecule has 16 heteroatoms. The molecule has 0 radical (unpaired) electrons. The fraction of sp³-hybridized carbons (Fsp3) is 0.447. The number of carbonyl (C=O) groups excluding carboxylic acids is 3. The van der Waals surface area contributed by atoms with Gasteiger partial charge in [0.25, 0.3) is 11.8 Å². The molecule has 0 aliphatic carbocycles. The number of aromatic nitrogens is 1. The number of pyridine rings is 1. The van der Waals surface area contributed by atoms with Crippen LogP contribution in [0, 0.1) is 0 Å². The van der Waals surface area contributed by atoms with Crippen LogP contribution in [-0.4, -0.2) is 120 Å². The van der Waals surface area contributed by atoms with Crippen molar-refractivity contribution in [3.8, 4) is 28.7 Å². The highest BCUT2D eigenvalue weighted by Crippen LogP contribution is 2.41. The van der Waals surface area contributed by atoms with E-state index in [1.807, 2.05) is 42.3 Å². The van der Waals surface area contributed by atoms with Crippen LogP contribution in [0.1, 0.15) is 85.5 Å². The average Bonchev–Trinajstić information content (AvgIpc) is 3.85. The lowest BCUT2D eigenvalue weighted by molar-refractivity contribution is -0.130. The van der Waals surface area contributed by atoms with Gasteiger partial charge in [0.2, 0.25) is 5.91 Å². The van der Waals surface area contributed by atoms with Gasteiger partial charge in [-0.05, 0) is 65.3 Å². The smallest absolute Gasteiger partial charge is 0.257 e. The maximum Gasteiger partial charge on any atom is 0.257 e. The normalized spacial score (nSPS) is 19.0. The van der Waals surface area contributed by atoms with E-state index in [1.165, 1.54) is 25.4 Å². The first-order valence-electron chi connectivity index (χ1n) is 21.1. The monoisotopic (exact) mass is 896 g/mol. The summed E-state index contributed by atoms with van der Waals surface area (Å²) in [7, 11) is 8.33. The van der Waals surface area contributed by atoms with Gasteiger partial charge >= 0.3 is 0 Å². The average molecular weight is 897 g/mol. The Hall–Kier alpha value is -5.48. The molecule has 14 nitrogen and oxygen atoms in total. The third-order valence-electron chi connectivity index (χ3n) is 11.7. The molecule has 0 spiro atoms. The molecule has 3 aromatic rings. The number of nitrogens with zero attached hydrogens (tertiary/aromatic N) is 6. The summed E-state index contributed by atoms with van der Waals surface area (Å²) >= 11 is 0. The summed E-state index contributed by atoms with van der Waals surface area (Å²) in [6, 6.07) is 10.2. The summed E-state index contributed by atoms with van der Waals surface area (Å²) in [5.74, 6) is 1.92. The Morgan fingerprint density at radius 2 is 1.30 bits per heavy atom. The molecule has 334 valence electrons. The lowest BCUT2D eigenvalue weighted by Gasteiger charge is -2.24. The van der Waals surface area contributed by atoms with E-state index in [0.29, 0.717) is 88.7 Å². The number of hydrogen-bond acceptors (Lipinski definition) is 13. The fourth-order valence-corrected chi connectivity index (χ4v) is 10.2. The summed E-state index contributed by atoms with van der Waals surface area (Å²) in [4.78, 5) is 60.0. The number of ether oxygens (including phenoxy) is 5. The predicted molar refractivity (Wildman–Crippen MR) is 249 cm³/mol. The van der Waals surface area contributed by atoms with Crippen LogP contribution in [0.3, 0.4) is 0 Å². The van der Waals surface area contributed by atoms with Crippen LogP contribution in [0.4, 0.5) is 11.4 Å². The van der Waals surface area contributed by atoms with Crippen LogP contribution >= 0.6 is 21.6 Å². The van der Waals surface area contributed by atoms with Crippen molar-refractivity contribution in [3.63, 3.8) is 0 Å². The second kappa shape index (κ2) is 19.9. The maximum absolute atomic E-state index is 13.7. The van der Waals surface area contributed by atoms with E-state index >= 15 is 0 Å². The number of rotatable bonds is 17. The van der Waals surface area contributed by atoms with E-state index in [0.717, 1.165) is 19.3 Å². The summed E-state index contributed by atoms with van der Waals surface area (Å²) in [5.41, 5.74) is 5.36. The standard InChI is InChI=1S/C47H56N6O8S2/c1-9-29-15-33-23-48-38-21-42(40(57-6)19-36(38)45(55)52(33)25-29)60-27-31-17-35(59-14-13-51(5)44(54)11-12-47(3,4)63-62-8)18-32(50-31)28-61-43-22-39-37(20-41(43)58-7)46(56)53-26-30(10-2)16-34(53)24-49-39/h9-10,17-24,33-34H,11-16,25-28H2,1-8H3/b29-9+,30-10+/t33-,34-/m0/s1. The third-order valence-corrected chi connectivity index (χ3v) is 14.3. The minimum absolute atomic E-state index is 0.0117. The molecule has 0 N–H and O–H groups in total. The number of hydrogen-bond donors (Lipinski definition) is 0. The van der Waals surface area contributed by atoms with Crippen molar-refractivity contribution in [3.05, 3.63) is 82.2 Å². The molecule has 63 heavy (non-hydrogen) atoms. The molecule has 2 saturated heterocycles. The Labute approximate surface area is 377 Å². The highest BCUT2D eigenvalue weighted by atomic mass is 33.1. The Morgan fingerprint density at radius 3 is 1.76 bits per heavy atom. The molecule has 7 rings (SSSR count). The predicted octanol–water partition coefficient (Wildman–Crippen LogP) is 8.42. The minimum Gasteiger partial charge on any atom is -0.493 e. The maximum atomic E-state index is 13.7. The largest absolute Gasteiger partial charge is 0.493 e. The van der Waals surface area contributed by atoms with Crippen molar-refractivity contribution in [1.29, 1.82) is 0 Å². The number of amides is 3. The molecule has 0 unspecified atom stereocenters. The van der Waals surface area contributed by atoms with Crippen LogP contribution in [0.2, 0.25) is 0 Å². The Morgan fingerprint density at radius 1 is 0.794 bits per heavy atom. The zero-order valence-corrected chi connectivity index (χ0v) is 38.9. The van der Waals surface area contributed by atoms with Gasteiger partial charge in [0.05, 0.1) is 66.7 Å². The Balaban J connectivity index is 1.10. The van der Waals surface area contributed by atoms with E-state index in [9.17, 15) is 14.4 Å². The van der Waals surface area contributed by atoms with Gasteiger partial charge in [-0.1, -0.05) is 44.9 Å². The van der Waals surface area contributed by atoms with Gasteiger partial charge in [0, 0.05) is 68.0 Å². The molecule has 2 aromatic carbocycles. The second-order valence-electron chi connectivity index (χ2n) is 16.4. The van der Waals surface area contributed by atoms with Gasteiger partial charge < -0.3 is 38.4 Å². The van der Waals surface area contributed by atoms with Crippen LogP contribution < -0.4 is 23.7 Å². The fourth-order valence-electron chi connectivity index (χ4n) is 7.97. The summed E-state index contributed by atoms with van der Waals surface area (Å²) in [6.07, 6.45) is 12.5. The van der Waals surface area contributed by atoms with Gasteiger partial charge in [-0.3, -0.25) is 29.4 Å². The first kappa shape index (κ1) is 45.5. The molecule has 4 aliphatic heterocycles. The van der Waals surface area contributed by atoms with Crippen LogP contribution in [0.5, 0.6) is 28.7 Å². The molecule has 4 aliphatic rings. The van der Waals surface area contributed by atoms with E-state index in [2.05, 4.69) is 26.0 Å². The highest BCUT2D eigenvalue weighted by molar-refractivity contribution is 8.76. The summed E-state index contributed by atoms with van der Waals surface area (Å²) in [6.45, 7) is 10.1. The molecular formula is C47H56N6O8S2. The zero-order valence-electron chi connectivity index (χ0n) is 37.3. The summed E-state index contributed by atoms with van der Waals surface area (Å²) in [5, 5.41) is 0. The van der Waals surface area contributed by atoms with Crippen LogP contribution in [0.15, 0.2) is 69.7 Å². The lowest BCUT2D eigenvalue weighted by atomic mass is 10.1. The van der Waals surface area contributed by atoms with Gasteiger partial charge in [-0.15, -0.1) is 0 Å². The zero-order chi connectivity index (χ0) is 44.8. The molecule has 2 atom stereocenters. The van der Waals surface area contributed by atoms with E-state index in [-0.39, 0.29) is 54.4 Å². The van der Waals surface area contributed by atoms with Crippen LogP contribution in [0.25, 0.3) is 0 Å².